The van der Waals surface area contributed by atoms with Gasteiger partial charge in [0.05, 0.1) is 35.7 Å². The van der Waals surface area contributed by atoms with Crippen molar-refractivity contribution in [2.45, 2.75) is 52.4 Å². The Morgan fingerprint density at radius 2 is 1.97 bits per heavy atom. The van der Waals surface area contributed by atoms with Gasteiger partial charge in [-0.05, 0) is 45.7 Å². The van der Waals surface area contributed by atoms with E-state index in [9.17, 15) is 10.2 Å². The number of hydrogen-bond donors (Lipinski definition) is 3. The second kappa shape index (κ2) is 7.96. The topological polar surface area (TPSA) is 105 Å². The number of ether oxygens (including phenoxy) is 1. The van der Waals surface area contributed by atoms with Crippen LogP contribution in [0.15, 0.2) is 12.1 Å². The van der Waals surface area contributed by atoms with Gasteiger partial charge in [0.15, 0.2) is 5.82 Å². The lowest BCUT2D eigenvalue weighted by molar-refractivity contribution is 0.0973. The molecule has 162 valence electrons. The van der Waals surface area contributed by atoms with E-state index < -0.39 is 0 Å². The Bertz CT molecular complexity index is 960. The predicted molar refractivity (Wildman–Crippen MR) is 117 cm³/mol. The molecule has 8 heteroatoms. The van der Waals surface area contributed by atoms with E-state index in [1.54, 1.807) is 19.1 Å². The fourth-order valence-corrected chi connectivity index (χ4v) is 4.90. The molecule has 4 N–H and O–H groups in total. The average molecular weight is 433 g/mol. The van der Waals surface area contributed by atoms with Crippen LogP contribution in [0.4, 0.5) is 5.82 Å². The summed E-state index contributed by atoms with van der Waals surface area (Å²) in [5.41, 5.74) is 9.60. The molecule has 0 bridgehead atoms. The van der Waals surface area contributed by atoms with E-state index in [2.05, 4.69) is 4.90 Å². The Kier molecular flexibility index (Phi) is 5.66. The van der Waals surface area contributed by atoms with Crippen LogP contribution in [-0.2, 0) is 11.3 Å². The Balaban J connectivity index is 1.64. The third-order valence-corrected chi connectivity index (χ3v) is 7.28. The number of phenols is 1. The molecule has 0 radical (unpaired) electrons. The number of phenolic OH excluding ortho intramolecular Hbond substituents is 1. The molecule has 0 amide bonds. The number of aromatic nitrogens is 2. The van der Waals surface area contributed by atoms with Gasteiger partial charge in [0, 0.05) is 35.7 Å². The van der Waals surface area contributed by atoms with Crippen LogP contribution >= 0.6 is 11.6 Å². The van der Waals surface area contributed by atoms with E-state index in [0.717, 1.165) is 31.6 Å². The Morgan fingerprint density at radius 3 is 2.57 bits per heavy atom. The van der Waals surface area contributed by atoms with E-state index in [4.69, 9.17) is 32.0 Å². The van der Waals surface area contributed by atoms with Crippen LogP contribution in [0.1, 0.15) is 36.7 Å². The summed E-state index contributed by atoms with van der Waals surface area (Å²) in [6.45, 7) is 7.77. The molecule has 2 aromatic rings. The van der Waals surface area contributed by atoms with Crippen molar-refractivity contribution >= 4 is 17.4 Å². The number of anilines is 1. The second-order valence-corrected chi connectivity index (χ2v) is 8.93. The lowest BCUT2D eigenvalue weighted by Crippen LogP contribution is -2.51. The molecule has 2 atom stereocenters. The lowest BCUT2D eigenvalue weighted by atomic mass is 9.73. The quantitative estimate of drug-likeness (QED) is 0.684. The Hall–Kier alpha value is -1.93. The number of piperidine rings is 1. The van der Waals surface area contributed by atoms with Crippen molar-refractivity contribution in [3.05, 3.63) is 34.1 Å². The molecule has 0 unspecified atom stereocenters. The number of hydrogen-bond acceptors (Lipinski definition) is 7. The molecule has 0 aliphatic carbocycles. The minimum atomic E-state index is -0.217. The maximum Gasteiger partial charge on any atom is 0.153 e. The molecule has 4 rings (SSSR count). The molecule has 7 nitrogen and oxygen atoms in total. The van der Waals surface area contributed by atoms with Crippen LogP contribution in [0, 0.1) is 19.3 Å². The lowest BCUT2D eigenvalue weighted by Gasteiger charge is -2.42. The van der Waals surface area contributed by atoms with Gasteiger partial charge in [0.1, 0.15) is 11.4 Å². The molecule has 1 spiro atoms. The molecule has 2 fully saturated rings. The van der Waals surface area contributed by atoms with Gasteiger partial charge in [-0.15, -0.1) is 0 Å². The third-order valence-electron chi connectivity index (χ3n) is 6.79. The largest absolute Gasteiger partial charge is 0.508 e. The summed E-state index contributed by atoms with van der Waals surface area (Å²) in [5.74, 6) is 0.847. The van der Waals surface area contributed by atoms with Crippen molar-refractivity contribution in [2.75, 3.05) is 24.6 Å². The molecule has 2 aliphatic rings. The van der Waals surface area contributed by atoms with Crippen LogP contribution in [0.3, 0.4) is 0 Å². The van der Waals surface area contributed by atoms with Gasteiger partial charge in [-0.3, -0.25) is 0 Å². The van der Waals surface area contributed by atoms with Gasteiger partial charge in [-0.1, -0.05) is 11.6 Å². The van der Waals surface area contributed by atoms with E-state index in [-0.39, 0.29) is 29.9 Å². The van der Waals surface area contributed by atoms with Gasteiger partial charge < -0.3 is 25.6 Å². The smallest absolute Gasteiger partial charge is 0.153 e. The highest BCUT2D eigenvalue weighted by Gasteiger charge is 2.47. The van der Waals surface area contributed by atoms with Crippen LogP contribution in [0.5, 0.6) is 5.75 Å². The zero-order valence-corrected chi connectivity index (χ0v) is 18.4. The van der Waals surface area contributed by atoms with Crippen molar-refractivity contribution < 1.29 is 14.9 Å². The average Bonchev–Trinajstić information content (AvgIpc) is 3.01. The zero-order chi connectivity index (χ0) is 21.6. The highest BCUT2D eigenvalue weighted by molar-refractivity contribution is 6.34. The molecule has 1 aromatic carbocycles. The van der Waals surface area contributed by atoms with Crippen molar-refractivity contribution in [3.63, 3.8) is 0 Å². The molecular weight excluding hydrogens is 404 g/mol. The zero-order valence-electron chi connectivity index (χ0n) is 17.7. The van der Waals surface area contributed by atoms with Crippen molar-refractivity contribution in [1.29, 1.82) is 0 Å². The minimum Gasteiger partial charge on any atom is -0.508 e. The number of nitrogens with two attached hydrogens (primary N) is 1. The van der Waals surface area contributed by atoms with Crippen LogP contribution in [0.2, 0.25) is 5.02 Å². The SMILES string of the molecule is Cc1nc(N2CCC3(CC2)CO[C@@H](C)[C@H]3N)c(CO)nc1-c1ccc(O)c(C)c1Cl. The number of rotatable bonds is 3. The van der Waals surface area contributed by atoms with Crippen molar-refractivity contribution in [3.8, 4) is 17.0 Å². The van der Waals surface area contributed by atoms with Gasteiger partial charge in [0.25, 0.3) is 0 Å². The van der Waals surface area contributed by atoms with E-state index in [0.29, 0.717) is 40.0 Å². The molecule has 2 saturated heterocycles. The van der Waals surface area contributed by atoms with Gasteiger partial charge >= 0.3 is 0 Å². The number of aromatic hydroxyl groups is 1. The van der Waals surface area contributed by atoms with E-state index >= 15 is 0 Å². The van der Waals surface area contributed by atoms with Crippen molar-refractivity contribution in [1.82, 2.24) is 9.97 Å². The maximum atomic E-state index is 10.0. The van der Waals surface area contributed by atoms with Gasteiger partial charge in [-0.2, -0.15) is 0 Å². The number of halogens is 1. The molecule has 1 aromatic heterocycles. The maximum absolute atomic E-state index is 10.0. The highest BCUT2D eigenvalue weighted by atomic mass is 35.5. The Labute approximate surface area is 181 Å². The standard InChI is InChI=1S/C22H29ClN4O3/c1-12-17(29)5-4-15(18(12)23)19-13(2)25-21(16(10-28)26-19)27-8-6-22(7-9-27)11-30-14(3)20(22)24/h4-5,14,20,28-29H,6-11,24H2,1-3H3/t14-,20+/m0/s1. The summed E-state index contributed by atoms with van der Waals surface area (Å²) in [6, 6.07) is 3.38. The summed E-state index contributed by atoms with van der Waals surface area (Å²) < 4.78 is 5.82. The first-order chi connectivity index (χ1) is 14.3. The molecule has 30 heavy (non-hydrogen) atoms. The number of benzene rings is 1. The molecular formula is C22H29ClN4O3. The van der Waals surface area contributed by atoms with Crippen LogP contribution in [0.25, 0.3) is 11.3 Å². The Morgan fingerprint density at radius 1 is 1.27 bits per heavy atom. The fraction of sp³-hybridized carbons (Fsp3) is 0.545. The monoisotopic (exact) mass is 432 g/mol. The number of aliphatic hydroxyl groups excluding tert-OH is 1. The number of nitrogens with zero attached hydrogens (tertiary/aromatic N) is 3. The summed E-state index contributed by atoms with van der Waals surface area (Å²) >= 11 is 6.46. The molecule has 2 aliphatic heterocycles. The highest BCUT2D eigenvalue weighted by Crippen LogP contribution is 2.42. The first kappa shape index (κ1) is 21.3. The van der Waals surface area contributed by atoms with Crippen LogP contribution in [-0.4, -0.2) is 52.0 Å². The van der Waals surface area contributed by atoms with Crippen LogP contribution < -0.4 is 10.6 Å². The second-order valence-electron chi connectivity index (χ2n) is 8.55. The normalized spacial score (nSPS) is 23.3. The molecule has 3 heterocycles. The summed E-state index contributed by atoms with van der Waals surface area (Å²) in [7, 11) is 0. The summed E-state index contributed by atoms with van der Waals surface area (Å²) in [4.78, 5) is 11.7. The van der Waals surface area contributed by atoms with Crippen molar-refractivity contribution in [2.24, 2.45) is 11.1 Å². The third kappa shape index (κ3) is 3.43. The minimum absolute atomic E-state index is 0.0226. The van der Waals surface area contributed by atoms with Gasteiger partial charge in [-0.25, -0.2) is 9.97 Å². The summed E-state index contributed by atoms with van der Waals surface area (Å²) in [6.07, 6.45) is 1.94. The number of aryl methyl sites for hydroxylation is 1. The number of aliphatic hydroxyl groups is 1. The first-order valence-corrected chi connectivity index (χ1v) is 10.7. The fourth-order valence-electron chi connectivity index (χ4n) is 4.65. The van der Waals surface area contributed by atoms with E-state index in [1.165, 1.54) is 0 Å². The van der Waals surface area contributed by atoms with Gasteiger partial charge in [0.2, 0.25) is 0 Å². The van der Waals surface area contributed by atoms with E-state index in [1.807, 2.05) is 13.8 Å². The first-order valence-electron chi connectivity index (χ1n) is 10.4. The molecule has 0 saturated carbocycles. The predicted octanol–water partition coefficient (Wildman–Crippen LogP) is 2.94. The summed E-state index contributed by atoms with van der Waals surface area (Å²) in [5, 5.41) is 20.4.